The highest BCUT2D eigenvalue weighted by atomic mass is 19.4. The van der Waals surface area contributed by atoms with Gasteiger partial charge < -0.3 is 9.84 Å². The molecule has 1 unspecified atom stereocenters. The molecule has 1 fully saturated rings. The predicted octanol–water partition coefficient (Wildman–Crippen LogP) is 4.51. The third-order valence-electron chi connectivity index (χ3n) is 5.06. The summed E-state index contributed by atoms with van der Waals surface area (Å²) in [6.45, 7) is 1.79. The number of ether oxygens (including phenoxy) is 1. The molecule has 1 saturated heterocycles. The number of nitrogens with zero attached hydrogens (tertiary/aromatic N) is 1. The summed E-state index contributed by atoms with van der Waals surface area (Å²) in [4.78, 5) is 14.8. The number of piperidine rings is 1. The van der Waals surface area contributed by atoms with E-state index in [-0.39, 0.29) is 17.5 Å². The molecule has 1 heterocycles. The fourth-order valence-electron chi connectivity index (χ4n) is 3.52. The number of benzene rings is 2. The zero-order chi connectivity index (χ0) is 20.3. The van der Waals surface area contributed by atoms with Crippen LogP contribution in [0.4, 0.5) is 13.2 Å². The van der Waals surface area contributed by atoms with E-state index in [1.807, 2.05) is 0 Å². The van der Waals surface area contributed by atoms with Crippen LogP contribution in [0.3, 0.4) is 0 Å². The van der Waals surface area contributed by atoms with Crippen molar-refractivity contribution in [1.82, 2.24) is 4.90 Å². The first kappa shape index (κ1) is 20.2. The Morgan fingerprint density at radius 2 is 1.93 bits per heavy atom. The summed E-state index contributed by atoms with van der Waals surface area (Å²) in [5, 5.41) is 10.1. The number of likely N-dealkylation sites (tertiary alicyclic amines) is 1. The van der Waals surface area contributed by atoms with Gasteiger partial charge in [-0.05, 0) is 37.6 Å². The number of hydrogen-bond acceptors (Lipinski definition) is 4. The van der Waals surface area contributed by atoms with E-state index < -0.39 is 11.7 Å². The minimum absolute atomic E-state index is 0.135. The van der Waals surface area contributed by atoms with E-state index in [9.17, 15) is 23.1 Å². The van der Waals surface area contributed by atoms with E-state index >= 15 is 0 Å². The molecule has 1 N–H and O–H groups in total. The Balaban J connectivity index is 1.66. The second-order valence-electron chi connectivity index (χ2n) is 7.01. The first-order valence-electron chi connectivity index (χ1n) is 9.07. The molecule has 0 amide bonds. The highest BCUT2D eigenvalue weighted by molar-refractivity contribution is 5.98. The smallest absolute Gasteiger partial charge is 0.416 e. The van der Waals surface area contributed by atoms with Crippen molar-refractivity contribution in [3.8, 4) is 11.5 Å². The maximum absolute atomic E-state index is 12.7. The standard InChI is InChI=1S/C21H22F3NO3/c1-28-18-9-6-15(19(26)11-18)12-25-10-2-3-16(13-25)20(27)14-4-7-17(8-5-14)21(22,23)24/h4-9,11,16,26H,2-3,10,12-13H2,1H3. The van der Waals surface area contributed by atoms with E-state index in [4.69, 9.17) is 4.74 Å². The van der Waals surface area contributed by atoms with Gasteiger partial charge in [0.05, 0.1) is 12.7 Å². The zero-order valence-corrected chi connectivity index (χ0v) is 15.5. The number of alkyl halides is 3. The van der Waals surface area contributed by atoms with Crippen molar-refractivity contribution >= 4 is 5.78 Å². The molecule has 7 heteroatoms. The summed E-state index contributed by atoms with van der Waals surface area (Å²) in [5.41, 5.74) is 0.278. The van der Waals surface area contributed by atoms with Crippen LogP contribution in [0, 0.1) is 5.92 Å². The number of ketones is 1. The van der Waals surface area contributed by atoms with Crippen molar-refractivity contribution in [3.05, 3.63) is 59.2 Å². The summed E-state index contributed by atoms with van der Waals surface area (Å²) in [6, 6.07) is 9.49. The maximum atomic E-state index is 12.7. The number of phenols is 1. The lowest BCUT2D eigenvalue weighted by atomic mass is 9.89. The quantitative estimate of drug-likeness (QED) is 0.759. The molecule has 2 aromatic carbocycles. The average molecular weight is 393 g/mol. The summed E-state index contributed by atoms with van der Waals surface area (Å²) in [7, 11) is 1.52. The number of aromatic hydroxyl groups is 1. The second kappa shape index (κ2) is 8.22. The molecule has 28 heavy (non-hydrogen) atoms. The van der Waals surface area contributed by atoms with E-state index in [1.54, 1.807) is 18.2 Å². The summed E-state index contributed by atoms with van der Waals surface area (Å²) in [5.74, 6) is 0.286. The molecule has 0 radical (unpaired) electrons. The van der Waals surface area contributed by atoms with Gasteiger partial charge in [-0.2, -0.15) is 13.2 Å². The molecule has 0 spiro atoms. The van der Waals surface area contributed by atoms with E-state index in [0.29, 0.717) is 30.8 Å². The van der Waals surface area contributed by atoms with Gasteiger partial charge >= 0.3 is 6.18 Å². The molecule has 0 aromatic heterocycles. The Morgan fingerprint density at radius 1 is 1.21 bits per heavy atom. The number of rotatable bonds is 5. The fraction of sp³-hybridized carbons (Fsp3) is 0.381. The van der Waals surface area contributed by atoms with Gasteiger partial charge in [-0.1, -0.05) is 18.2 Å². The lowest BCUT2D eigenvalue weighted by Gasteiger charge is -2.32. The van der Waals surface area contributed by atoms with E-state index in [2.05, 4.69) is 4.90 Å². The lowest BCUT2D eigenvalue weighted by molar-refractivity contribution is -0.137. The Hall–Kier alpha value is -2.54. The molecule has 1 aliphatic rings. The topological polar surface area (TPSA) is 49.8 Å². The van der Waals surface area contributed by atoms with Crippen molar-refractivity contribution in [2.24, 2.45) is 5.92 Å². The third-order valence-corrected chi connectivity index (χ3v) is 5.06. The van der Waals surface area contributed by atoms with E-state index in [0.717, 1.165) is 30.7 Å². The Labute approximate surface area is 161 Å². The molecule has 150 valence electrons. The van der Waals surface area contributed by atoms with Crippen molar-refractivity contribution < 1.29 is 27.8 Å². The fourth-order valence-corrected chi connectivity index (χ4v) is 3.52. The van der Waals surface area contributed by atoms with Gasteiger partial charge in [0, 0.05) is 36.2 Å². The van der Waals surface area contributed by atoms with Gasteiger partial charge in [0.25, 0.3) is 0 Å². The monoisotopic (exact) mass is 393 g/mol. The van der Waals surface area contributed by atoms with Gasteiger partial charge in [0.15, 0.2) is 5.78 Å². The van der Waals surface area contributed by atoms with Crippen LogP contribution in [-0.2, 0) is 12.7 Å². The molecule has 4 nitrogen and oxygen atoms in total. The van der Waals surface area contributed by atoms with Crippen LogP contribution in [-0.4, -0.2) is 36.0 Å². The van der Waals surface area contributed by atoms with Crippen LogP contribution in [0.25, 0.3) is 0 Å². The number of carbonyl (C=O) groups excluding carboxylic acids is 1. The van der Waals surface area contributed by atoms with Gasteiger partial charge in [0.2, 0.25) is 0 Å². The largest absolute Gasteiger partial charge is 0.507 e. The number of methoxy groups -OCH3 is 1. The molecule has 0 saturated carbocycles. The molecular weight excluding hydrogens is 371 g/mol. The summed E-state index contributed by atoms with van der Waals surface area (Å²) in [6.07, 6.45) is -2.90. The predicted molar refractivity (Wildman–Crippen MR) is 98.4 cm³/mol. The van der Waals surface area contributed by atoms with Gasteiger partial charge in [-0.25, -0.2) is 0 Å². The highest BCUT2D eigenvalue weighted by Gasteiger charge is 2.31. The van der Waals surface area contributed by atoms with Crippen LogP contribution < -0.4 is 4.74 Å². The van der Waals surface area contributed by atoms with Crippen LogP contribution in [0.2, 0.25) is 0 Å². The second-order valence-corrected chi connectivity index (χ2v) is 7.01. The Morgan fingerprint density at radius 3 is 2.54 bits per heavy atom. The lowest BCUT2D eigenvalue weighted by Crippen LogP contribution is -2.38. The number of phenolic OH excluding ortho intramolecular Hbond substituents is 1. The number of Topliss-reactive ketones (excluding diaryl/α,β-unsaturated/α-hetero) is 1. The van der Waals surface area contributed by atoms with Crippen LogP contribution >= 0.6 is 0 Å². The molecule has 1 atom stereocenters. The Kier molecular flexibility index (Phi) is 5.93. The maximum Gasteiger partial charge on any atom is 0.416 e. The molecular formula is C21H22F3NO3. The van der Waals surface area contributed by atoms with Crippen molar-refractivity contribution in [3.63, 3.8) is 0 Å². The van der Waals surface area contributed by atoms with Gasteiger partial charge in [-0.3, -0.25) is 9.69 Å². The number of halogens is 3. The average Bonchev–Trinajstić information content (AvgIpc) is 2.68. The summed E-state index contributed by atoms with van der Waals surface area (Å²) >= 11 is 0. The minimum Gasteiger partial charge on any atom is -0.507 e. The van der Waals surface area contributed by atoms with Gasteiger partial charge in [-0.15, -0.1) is 0 Å². The number of carbonyl (C=O) groups is 1. The Bertz CT molecular complexity index is 834. The van der Waals surface area contributed by atoms with E-state index in [1.165, 1.54) is 19.2 Å². The zero-order valence-electron chi connectivity index (χ0n) is 15.5. The molecule has 0 aliphatic carbocycles. The molecule has 0 bridgehead atoms. The van der Waals surface area contributed by atoms with Crippen LogP contribution in [0.15, 0.2) is 42.5 Å². The van der Waals surface area contributed by atoms with Crippen molar-refractivity contribution in [2.45, 2.75) is 25.6 Å². The molecule has 2 aromatic rings. The van der Waals surface area contributed by atoms with Crippen molar-refractivity contribution in [1.29, 1.82) is 0 Å². The SMILES string of the molecule is COc1ccc(CN2CCCC(C(=O)c3ccc(C(F)(F)F)cc3)C2)c(O)c1. The summed E-state index contributed by atoms with van der Waals surface area (Å²) < 4.78 is 43.2. The number of hydrogen-bond donors (Lipinski definition) is 1. The van der Waals surface area contributed by atoms with Crippen molar-refractivity contribution in [2.75, 3.05) is 20.2 Å². The van der Waals surface area contributed by atoms with Gasteiger partial charge in [0.1, 0.15) is 11.5 Å². The highest BCUT2D eigenvalue weighted by Crippen LogP contribution is 2.31. The normalized spacial score (nSPS) is 18.1. The first-order chi connectivity index (χ1) is 13.3. The van der Waals surface area contributed by atoms with Crippen LogP contribution in [0.1, 0.15) is 34.3 Å². The third kappa shape index (κ3) is 4.65. The molecule has 3 rings (SSSR count). The first-order valence-corrected chi connectivity index (χ1v) is 9.07. The minimum atomic E-state index is -4.41. The van der Waals surface area contributed by atoms with Crippen LogP contribution in [0.5, 0.6) is 11.5 Å². The molecule has 1 aliphatic heterocycles.